The Hall–Kier alpha value is -3.64. The van der Waals surface area contributed by atoms with E-state index in [1.165, 1.54) is 23.0 Å². The normalized spacial score (nSPS) is 12.1. The molecule has 0 fully saturated rings. The second-order valence-corrected chi connectivity index (χ2v) is 7.81. The van der Waals surface area contributed by atoms with Crippen molar-refractivity contribution in [3.8, 4) is 0 Å². The van der Waals surface area contributed by atoms with Crippen molar-refractivity contribution in [2.75, 3.05) is 0 Å². The number of rotatable bonds is 9. The molecular formula is C26H27N3O3. The lowest BCUT2D eigenvalue weighted by Crippen LogP contribution is -2.27. The highest BCUT2D eigenvalue weighted by molar-refractivity contribution is 5.91. The summed E-state index contributed by atoms with van der Waals surface area (Å²) in [5.74, 6) is 0.894. The summed E-state index contributed by atoms with van der Waals surface area (Å²) < 4.78 is 10.9. The number of nitrogens with zero attached hydrogens (tertiary/aromatic N) is 2. The SMILES string of the molecule is Cc1ccccc1CN(Cc1nc(C(=O)NCc2ccco2)co1)[C@@H](C)c1ccccc1. The quantitative estimate of drug-likeness (QED) is 0.392. The minimum absolute atomic E-state index is 0.138. The maximum Gasteiger partial charge on any atom is 0.273 e. The molecule has 1 atom stereocenters. The van der Waals surface area contributed by atoms with Crippen LogP contribution in [0.1, 0.15) is 51.8 Å². The molecule has 6 heteroatoms. The third-order valence-corrected chi connectivity index (χ3v) is 5.59. The van der Waals surface area contributed by atoms with Crippen molar-refractivity contribution in [1.82, 2.24) is 15.2 Å². The van der Waals surface area contributed by atoms with E-state index in [0.717, 1.165) is 6.54 Å². The number of aromatic nitrogens is 1. The summed E-state index contributed by atoms with van der Waals surface area (Å²) in [6, 6.07) is 22.5. The Labute approximate surface area is 187 Å². The second kappa shape index (κ2) is 10.1. The van der Waals surface area contributed by atoms with Crippen molar-refractivity contribution in [3.63, 3.8) is 0 Å². The minimum Gasteiger partial charge on any atom is -0.467 e. The predicted octanol–water partition coefficient (Wildman–Crippen LogP) is 5.27. The van der Waals surface area contributed by atoms with Crippen LogP contribution in [-0.4, -0.2) is 15.8 Å². The van der Waals surface area contributed by atoms with Crippen LogP contribution in [0.4, 0.5) is 0 Å². The molecule has 1 N–H and O–H groups in total. The molecule has 2 aromatic carbocycles. The number of furan rings is 1. The highest BCUT2D eigenvalue weighted by Gasteiger charge is 2.21. The number of hydrogen-bond acceptors (Lipinski definition) is 5. The van der Waals surface area contributed by atoms with Gasteiger partial charge in [0.25, 0.3) is 5.91 Å². The fraction of sp³-hybridized carbons (Fsp3) is 0.231. The average Bonchev–Trinajstić information content (AvgIpc) is 3.51. The Kier molecular flexibility index (Phi) is 6.82. The van der Waals surface area contributed by atoms with E-state index in [-0.39, 0.29) is 17.6 Å². The maximum atomic E-state index is 12.4. The van der Waals surface area contributed by atoms with Gasteiger partial charge in [-0.15, -0.1) is 0 Å². The van der Waals surface area contributed by atoms with Crippen LogP contribution < -0.4 is 5.32 Å². The van der Waals surface area contributed by atoms with Gasteiger partial charge in [0.1, 0.15) is 12.0 Å². The van der Waals surface area contributed by atoms with E-state index in [4.69, 9.17) is 8.83 Å². The first-order valence-corrected chi connectivity index (χ1v) is 10.7. The molecule has 2 heterocycles. The first-order valence-electron chi connectivity index (χ1n) is 10.7. The standard InChI is InChI=1S/C26H27N3O3/c1-19-9-6-7-12-22(19)16-29(20(2)21-10-4-3-5-11-21)17-25-28-24(18-32-25)26(30)27-15-23-13-8-14-31-23/h3-14,18,20H,15-17H2,1-2H3,(H,27,30)/t20-/m0/s1. The molecule has 4 aromatic rings. The number of oxazole rings is 1. The summed E-state index contributed by atoms with van der Waals surface area (Å²) in [5.41, 5.74) is 3.96. The van der Waals surface area contributed by atoms with Crippen molar-refractivity contribution in [2.45, 2.75) is 39.5 Å². The van der Waals surface area contributed by atoms with E-state index in [9.17, 15) is 4.79 Å². The molecule has 2 aromatic heterocycles. The Morgan fingerprint density at radius 1 is 1.00 bits per heavy atom. The first kappa shape index (κ1) is 21.6. The van der Waals surface area contributed by atoms with E-state index in [0.29, 0.717) is 24.7 Å². The number of hydrogen-bond donors (Lipinski definition) is 1. The van der Waals surface area contributed by atoms with E-state index >= 15 is 0 Å². The molecule has 0 aliphatic heterocycles. The predicted molar refractivity (Wildman–Crippen MR) is 122 cm³/mol. The lowest BCUT2D eigenvalue weighted by Gasteiger charge is -2.29. The first-order chi connectivity index (χ1) is 15.6. The fourth-order valence-electron chi connectivity index (χ4n) is 3.61. The Balaban J connectivity index is 1.49. The number of nitrogens with one attached hydrogen (secondary N) is 1. The minimum atomic E-state index is -0.294. The largest absolute Gasteiger partial charge is 0.467 e. The van der Waals surface area contributed by atoms with Crippen molar-refractivity contribution >= 4 is 5.91 Å². The molecule has 4 rings (SSSR count). The summed E-state index contributed by atoms with van der Waals surface area (Å²) in [5, 5.41) is 2.80. The van der Waals surface area contributed by atoms with Crippen molar-refractivity contribution < 1.29 is 13.6 Å². The Morgan fingerprint density at radius 2 is 1.78 bits per heavy atom. The average molecular weight is 430 g/mol. The fourth-order valence-corrected chi connectivity index (χ4v) is 3.61. The van der Waals surface area contributed by atoms with E-state index < -0.39 is 0 Å². The van der Waals surface area contributed by atoms with Gasteiger partial charge < -0.3 is 14.2 Å². The number of aryl methyl sites for hydroxylation is 1. The van der Waals surface area contributed by atoms with Crippen LogP contribution in [0.3, 0.4) is 0 Å². The van der Waals surface area contributed by atoms with Crippen LogP contribution in [0.2, 0.25) is 0 Å². The van der Waals surface area contributed by atoms with E-state index in [1.807, 2.05) is 30.3 Å². The van der Waals surface area contributed by atoms with Crippen LogP contribution in [-0.2, 0) is 19.6 Å². The van der Waals surface area contributed by atoms with Gasteiger partial charge in [-0.1, -0.05) is 54.6 Å². The molecule has 0 radical (unpaired) electrons. The van der Waals surface area contributed by atoms with Crippen LogP contribution in [0, 0.1) is 6.92 Å². The molecule has 32 heavy (non-hydrogen) atoms. The molecule has 0 saturated heterocycles. The molecular weight excluding hydrogens is 402 g/mol. The molecule has 1 amide bonds. The van der Waals surface area contributed by atoms with Crippen LogP contribution in [0.25, 0.3) is 0 Å². The summed E-state index contributed by atoms with van der Waals surface area (Å²) in [6.07, 6.45) is 2.98. The molecule has 0 bridgehead atoms. The van der Waals surface area contributed by atoms with Crippen LogP contribution in [0.15, 0.2) is 88.1 Å². The summed E-state index contributed by atoms with van der Waals surface area (Å²) in [4.78, 5) is 19.2. The summed E-state index contributed by atoms with van der Waals surface area (Å²) in [6.45, 7) is 5.82. The topological polar surface area (TPSA) is 71.5 Å². The zero-order valence-electron chi connectivity index (χ0n) is 18.3. The molecule has 164 valence electrons. The van der Waals surface area contributed by atoms with Gasteiger partial charge >= 0.3 is 0 Å². The highest BCUT2D eigenvalue weighted by atomic mass is 16.3. The van der Waals surface area contributed by atoms with Crippen molar-refractivity contribution in [1.29, 1.82) is 0 Å². The molecule has 0 unspecified atom stereocenters. The lowest BCUT2D eigenvalue weighted by molar-refractivity contribution is 0.0943. The molecule has 0 aliphatic carbocycles. The molecule has 0 spiro atoms. The van der Waals surface area contributed by atoms with Gasteiger partial charge in [0.15, 0.2) is 5.69 Å². The summed E-state index contributed by atoms with van der Waals surface area (Å²) in [7, 11) is 0. The van der Waals surface area contributed by atoms with Crippen LogP contribution >= 0.6 is 0 Å². The van der Waals surface area contributed by atoms with Gasteiger partial charge in [-0.05, 0) is 42.7 Å². The third kappa shape index (κ3) is 5.34. The van der Waals surface area contributed by atoms with E-state index in [1.54, 1.807) is 12.3 Å². The number of benzene rings is 2. The Morgan fingerprint density at radius 3 is 2.53 bits per heavy atom. The number of amides is 1. The monoisotopic (exact) mass is 429 g/mol. The highest BCUT2D eigenvalue weighted by Crippen LogP contribution is 2.25. The van der Waals surface area contributed by atoms with Gasteiger partial charge in [-0.2, -0.15) is 0 Å². The van der Waals surface area contributed by atoms with E-state index in [2.05, 4.69) is 59.4 Å². The maximum absolute atomic E-state index is 12.4. The summed E-state index contributed by atoms with van der Waals surface area (Å²) >= 11 is 0. The number of carbonyl (C=O) groups excluding carboxylic acids is 1. The second-order valence-electron chi connectivity index (χ2n) is 7.81. The molecule has 0 aliphatic rings. The van der Waals surface area contributed by atoms with Gasteiger partial charge in [-0.25, -0.2) is 4.98 Å². The molecule has 0 saturated carbocycles. The van der Waals surface area contributed by atoms with Crippen molar-refractivity contribution in [2.24, 2.45) is 0 Å². The molecule has 6 nitrogen and oxygen atoms in total. The zero-order chi connectivity index (χ0) is 22.3. The lowest BCUT2D eigenvalue weighted by atomic mass is 10.0. The van der Waals surface area contributed by atoms with Gasteiger partial charge in [0, 0.05) is 12.6 Å². The van der Waals surface area contributed by atoms with Gasteiger partial charge in [0.05, 0.1) is 19.4 Å². The van der Waals surface area contributed by atoms with Crippen molar-refractivity contribution in [3.05, 3.63) is 113 Å². The van der Waals surface area contributed by atoms with Crippen LogP contribution in [0.5, 0.6) is 0 Å². The van der Waals surface area contributed by atoms with Gasteiger partial charge in [0.2, 0.25) is 5.89 Å². The smallest absolute Gasteiger partial charge is 0.273 e. The number of carbonyl (C=O) groups is 1. The third-order valence-electron chi connectivity index (χ3n) is 5.59. The Bertz CT molecular complexity index is 1140. The zero-order valence-corrected chi connectivity index (χ0v) is 18.3. The van der Waals surface area contributed by atoms with Gasteiger partial charge in [-0.3, -0.25) is 9.69 Å².